The molecule has 1 fully saturated rings. The Balaban J connectivity index is 2.05. The summed E-state index contributed by atoms with van der Waals surface area (Å²) in [6.07, 6.45) is 2.02. The molecule has 1 aliphatic heterocycles. The van der Waals surface area contributed by atoms with Crippen molar-refractivity contribution < 1.29 is 9.47 Å². The molecular formula is C12H19N3O2. The average molecular weight is 237 g/mol. The number of morpholine rings is 1. The lowest BCUT2D eigenvalue weighted by atomic mass is 10.2. The SMILES string of the molecule is CNCC1CN(c2ccnc(OC)c2)CCO1. The molecule has 1 unspecified atom stereocenters. The van der Waals surface area contributed by atoms with Crippen LogP contribution in [0.3, 0.4) is 0 Å². The standard InChI is InChI=1S/C12H19N3O2/c1-13-8-11-9-15(5-6-17-11)10-3-4-14-12(7-10)16-2/h3-4,7,11,13H,5-6,8-9H2,1-2H3. The largest absolute Gasteiger partial charge is 0.481 e. The first-order chi connectivity index (χ1) is 8.33. The van der Waals surface area contributed by atoms with Gasteiger partial charge in [0.15, 0.2) is 0 Å². The van der Waals surface area contributed by atoms with Gasteiger partial charge in [0.05, 0.1) is 19.8 Å². The number of aromatic nitrogens is 1. The molecule has 2 rings (SSSR count). The second-order valence-corrected chi connectivity index (χ2v) is 4.05. The number of methoxy groups -OCH3 is 1. The highest BCUT2D eigenvalue weighted by Gasteiger charge is 2.20. The smallest absolute Gasteiger partial charge is 0.214 e. The summed E-state index contributed by atoms with van der Waals surface area (Å²) in [5.74, 6) is 0.652. The van der Waals surface area contributed by atoms with E-state index < -0.39 is 0 Å². The van der Waals surface area contributed by atoms with Crippen molar-refractivity contribution in [1.82, 2.24) is 10.3 Å². The van der Waals surface area contributed by atoms with Gasteiger partial charge in [0.2, 0.25) is 5.88 Å². The van der Waals surface area contributed by atoms with Crippen LogP contribution in [-0.4, -0.2) is 51.5 Å². The molecule has 0 amide bonds. The maximum Gasteiger partial charge on any atom is 0.214 e. The van der Waals surface area contributed by atoms with E-state index in [4.69, 9.17) is 9.47 Å². The van der Waals surface area contributed by atoms with Gasteiger partial charge < -0.3 is 19.7 Å². The van der Waals surface area contributed by atoms with Gasteiger partial charge in [0, 0.05) is 37.6 Å². The summed E-state index contributed by atoms with van der Waals surface area (Å²) in [6, 6.07) is 3.96. The van der Waals surface area contributed by atoms with Gasteiger partial charge in [-0.2, -0.15) is 0 Å². The topological polar surface area (TPSA) is 46.6 Å². The predicted molar refractivity (Wildman–Crippen MR) is 66.7 cm³/mol. The second-order valence-electron chi connectivity index (χ2n) is 4.05. The Morgan fingerprint density at radius 2 is 2.53 bits per heavy atom. The third-order valence-corrected chi connectivity index (χ3v) is 2.86. The van der Waals surface area contributed by atoms with E-state index in [2.05, 4.69) is 15.2 Å². The summed E-state index contributed by atoms with van der Waals surface area (Å²) in [5.41, 5.74) is 1.14. The fourth-order valence-electron chi connectivity index (χ4n) is 2.01. The van der Waals surface area contributed by atoms with Crippen LogP contribution in [0.4, 0.5) is 5.69 Å². The minimum Gasteiger partial charge on any atom is -0.481 e. The highest BCUT2D eigenvalue weighted by atomic mass is 16.5. The number of likely N-dealkylation sites (N-methyl/N-ethyl adjacent to an activating group) is 1. The van der Waals surface area contributed by atoms with Gasteiger partial charge in [-0.25, -0.2) is 4.98 Å². The number of ether oxygens (including phenoxy) is 2. The normalized spacial score (nSPS) is 20.4. The Bertz CT molecular complexity index is 357. The Morgan fingerprint density at radius 1 is 1.65 bits per heavy atom. The molecule has 1 aliphatic rings. The monoisotopic (exact) mass is 237 g/mol. The molecule has 0 aromatic carbocycles. The molecule has 17 heavy (non-hydrogen) atoms. The van der Waals surface area contributed by atoms with Gasteiger partial charge >= 0.3 is 0 Å². The lowest BCUT2D eigenvalue weighted by Crippen LogP contribution is -2.46. The van der Waals surface area contributed by atoms with Crippen molar-refractivity contribution in [3.05, 3.63) is 18.3 Å². The zero-order chi connectivity index (χ0) is 12.1. The van der Waals surface area contributed by atoms with Crippen molar-refractivity contribution in [2.75, 3.05) is 45.3 Å². The fraction of sp³-hybridized carbons (Fsp3) is 0.583. The van der Waals surface area contributed by atoms with E-state index in [9.17, 15) is 0 Å². The average Bonchev–Trinajstić information content (AvgIpc) is 2.40. The molecule has 2 heterocycles. The van der Waals surface area contributed by atoms with E-state index in [1.165, 1.54) is 0 Å². The molecule has 5 heteroatoms. The van der Waals surface area contributed by atoms with Crippen LogP contribution in [0.1, 0.15) is 0 Å². The summed E-state index contributed by atoms with van der Waals surface area (Å²) >= 11 is 0. The number of pyridine rings is 1. The zero-order valence-electron chi connectivity index (χ0n) is 10.3. The van der Waals surface area contributed by atoms with Gasteiger partial charge in [0.25, 0.3) is 0 Å². The number of nitrogens with zero attached hydrogens (tertiary/aromatic N) is 2. The van der Waals surface area contributed by atoms with Crippen molar-refractivity contribution in [3.63, 3.8) is 0 Å². The van der Waals surface area contributed by atoms with Crippen LogP contribution in [0.5, 0.6) is 5.88 Å². The molecular weight excluding hydrogens is 218 g/mol. The van der Waals surface area contributed by atoms with Gasteiger partial charge in [-0.1, -0.05) is 0 Å². The van der Waals surface area contributed by atoms with Crippen LogP contribution in [0.15, 0.2) is 18.3 Å². The molecule has 0 bridgehead atoms. The van der Waals surface area contributed by atoms with Crippen molar-refractivity contribution in [2.45, 2.75) is 6.10 Å². The molecule has 0 spiro atoms. The van der Waals surface area contributed by atoms with Gasteiger partial charge in [-0.15, -0.1) is 0 Å². The third-order valence-electron chi connectivity index (χ3n) is 2.86. The maximum atomic E-state index is 5.68. The van der Waals surface area contributed by atoms with Crippen LogP contribution in [0.25, 0.3) is 0 Å². The molecule has 1 aromatic heterocycles. The van der Waals surface area contributed by atoms with Crippen LogP contribution < -0.4 is 15.0 Å². The molecule has 1 saturated heterocycles. The third kappa shape index (κ3) is 3.08. The lowest BCUT2D eigenvalue weighted by Gasteiger charge is -2.34. The van der Waals surface area contributed by atoms with Crippen LogP contribution in [0.2, 0.25) is 0 Å². The van der Waals surface area contributed by atoms with Crippen molar-refractivity contribution in [2.24, 2.45) is 0 Å². The first-order valence-corrected chi connectivity index (χ1v) is 5.84. The van der Waals surface area contributed by atoms with E-state index in [1.807, 2.05) is 19.2 Å². The number of hydrogen-bond donors (Lipinski definition) is 1. The number of hydrogen-bond acceptors (Lipinski definition) is 5. The zero-order valence-corrected chi connectivity index (χ0v) is 10.3. The van der Waals surface area contributed by atoms with Crippen LogP contribution in [0, 0.1) is 0 Å². The van der Waals surface area contributed by atoms with E-state index >= 15 is 0 Å². The first-order valence-electron chi connectivity index (χ1n) is 5.84. The van der Waals surface area contributed by atoms with Gasteiger partial charge in [-0.3, -0.25) is 0 Å². The molecule has 0 aliphatic carbocycles. The van der Waals surface area contributed by atoms with Gasteiger partial charge in [-0.05, 0) is 13.1 Å². The first kappa shape index (κ1) is 12.1. The summed E-state index contributed by atoms with van der Waals surface area (Å²) in [4.78, 5) is 6.42. The summed E-state index contributed by atoms with van der Waals surface area (Å²) < 4.78 is 10.8. The molecule has 5 nitrogen and oxygen atoms in total. The second kappa shape index (κ2) is 5.84. The van der Waals surface area contributed by atoms with Crippen molar-refractivity contribution >= 4 is 5.69 Å². The molecule has 1 atom stereocenters. The minimum absolute atomic E-state index is 0.243. The maximum absolute atomic E-state index is 5.68. The molecule has 0 radical (unpaired) electrons. The highest BCUT2D eigenvalue weighted by molar-refractivity contribution is 5.48. The number of nitrogens with one attached hydrogen (secondary N) is 1. The number of rotatable bonds is 4. The predicted octanol–water partition coefficient (Wildman–Crippen LogP) is 0.515. The number of anilines is 1. The van der Waals surface area contributed by atoms with Crippen LogP contribution >= 0.6 is 0 Å². The Hall–Kier alpha value is -1.33. The Labute approximate surface area is 102 Å². The fourth-order valence-corrected chi connectivity index (χ4v) is 2.01. The van der Waals surface area contributed by atoms with E-state index in [-0.39, 0.29) is 6.10 Å². The van der Waals surface area contributed by atoms with E-state index in [0.29, 0.717) is 5.88 Å². The van der Waals surface area contributed by atoms with Crippen molar-refractivity contribution in [1.29, 1.82) is 0 Å². The highest BCUT2D eigenvalue weighted by Crippen LogP contribution is 2.20. The summed E-state index contributed by atoms with van der Waals surface area (Å²) in [5, 5.41) is 3.14. The molecule has 1 aromatic rings. The summed E-state index contributed by atoms with van der Waals surface area (Å²) in [7, 11) is 3.58. The van der Waals surface area contributed by atoms with Gasteiger partial charge in [0.1, 0.15) is 0 Å². The Kier molecular flexibility index (Phi) is 4.17. The van der Waals surface area contributed by atoms with E-state index in [1.54, 1.807) is 13.3 Å². The molecule has 94 valence electrons. The van der Waals surface area contributed by atoms with Crippen LogP contribution in [-0.2, 0) is 4.74 Å². The quantitative estimate of drug-likeness (QED) is 0.827. The summed E-state index contributed by atoms with van der Waals surface area (Å²) in [6.45, 7) is 3.44. The molecule has 0 saturated carbocycles. The van der Waals surface area contributed by atoms with E-state index in [0.717, 1.165) is 31.9 Å². The lowest BCUT2D eigenvalue weighted by molar-refractivity contribution is 0.0421. The van der Waals surface area contributed by atoms with Crippen molar-refractivity contribution in [3.8, 4) is 5.88 Å². The minimum atomic E-state index is 0.243. The molecule has 1 N–H and O–H groups in total. The Morgan fingerprint density at radius 3 is 3.29 bits per heavy atom.